The van der Waals surface area contributed by atoms with Crippen molar-refractivity contribution in [3.63, 3.8) is 0 Å². The van der Waals surface area contributed by atoms with Crippen LogP contribution in [-0.4, -0.2) is 32.4 Å². The van der Waals surface area contributed by atoms with Gasteiger partial charge in [0, 0.05) is 19.6 Å². The minimum Gasteiger partial charge on any atom is -0.381 e. The van der Waals surface area contributed by atoms with E-state index in [1.807, 2.05) is 0 Å². The molecular weight excluding hydrogens is 256 g/mol. The van der Waals surface area contributed by atoms with Gasteiger partial charge in [0.15, 0.2) is 0 Å². The number of carbonyl (C=O) groups excluding carboxylic acids is 1. The van der Waals surface area contributed by atoms with Gasteiger partial charge >= 0.3 is 0 Å². The third-order valence-corrected chi connectivity index (χ3v) is 4.50. The molecule has 0 radical (unpaired) electrons. The number of amides is 1. The number of hydrogen-bond donors (Lipinski definition) is 2. The van der Waals surface area contributed by atoms with E-state index >= 15 is 0 Å². The summed E-state index contributed by atoms with van der Waals surface area (Å²) < 4.78 is 5.33. The highest BCUT2D eigenvalue weighted by molar-refractivity contribution is 5.76. The molecule has 2 rings (SSSR count). The lowest BCUT2D eigenvalue weighted by Gasteiger charge is -2.31. The van der Waals surface area contributed by atoms with Crippen LogP contribution in [0.3, 0.4) is 0 Å². The monoisotopic (exact) mass is 284 g/mol. The molecule has 0 spiro atoms. The molecule has 1 heterocycles. The van der Waals surface area contributed by atoms with Crippen LogP contribution in [0.5, 0.6) is 0 Å². The predicted molar refractivity (Wildman–Crippen MR) is 76.8 cm³/mol. The third-order valence-electron chi connectivity index (χ3n) is 4.50. The van der Waals surface area contributed by atoms with Crippen LogP contribution in [0.1, 0.15) is 51.4 Å². The summed E-state index contributed by atoms with van der Waals surface area (Å²) in [5, 5.41) is 3.12. The van der Waals surface area contributed by atoms with E-state index in [1.165, 1.54) is 32.1 Å². The first-order valence-corrected chi connectivity index (χ1v) is 7.95. The maximum Gasteiger partial charge on any atom is 0.221 e. The van der Waals surface area contributed by atoms with E-state index in [4.69, 9.17) is 9.57 Å². The molecule has 1 amide bonds. The molecule has 0 aromatic heterocycles. The van der Waals surface area contributed by atoms with Gasteiger partial charge in [-0.15, -0.1) is 0 Å². The summed E-state index contributed by atoms with van der Waals surface area (Å²) in [7, 11) is 1.61. The smallest absolute Gasteiger partial charge is 0.221 e. The summed E-state index contributed by atoms with van der Waals surface area (Å²) in [6, 6.07) is 0. The summed E-state index contributed by atoms with van der Waals surface area (Å²) in [5.41, 5.74) is 2.96. The molecule has 1 aliphatic carbocycles. The van der Waals surface area contributed by atoms with Crippen molar-refractivity contribution in [1.82, 2.24) is 10.8 Å². The molecule has 1 saturated heterocycles. The molecule has 116 valence electrons. The second kappa shape index (κ2) is 8.60. The highest BCUT2D eigenvalue weighted by atomic mass is 16.6. The molecule has 1 aliphatic heterocycles. The Labute approximate surface area is 121 Å². The highest BCUT2D eigenvalue weighted by Crippen LogP contribution is 2.26. The van der Waals surface area contributed by atoms with E-state index < -0.39 is 0 Å². The van der Waals surface area contributed by atoms with E-state index in [0.717, 1.165) is 26.1 Å². The first-order chi connectivity index (χ1) is 9.79. The van der Waals surface area contributed by atoms with Crippen molar-refractivity contribution in [3.05, 3.63) is 0 Å². The molecule has 0 aromatic carbocycles. The minimum atomic E-state index is -0.0485. The summed E-state index contributed by atoms with van der Waals surface area (Å²) in [6.07, 6.45) is 8.71. The van der Waals surface area contributed by atoms with Gasteiger partial charge in [0.2, 0.25) is 5.91 Å². The standard InChI is InChI=1S/C15H28N2O3/c1-19-17-15(13-5-3-2-4-6-13)16-14(18)11-12-7-9-20-10-8-12/h12-13,15,17H,2-11H2,1H3,(H,16,18). The lowest BCUT2D eigenvalue weighted by molar-refractivity contribution is -0.125. The van der Waals surface area contributed by atoms with Gasteiger partial charge in [-0.1, -0.05) is 19.3 Å². The van der Waals surface area contributed by atoms with Crippen LogP contribution < -0.4 is 10.8 Å². The third kappa shape index (κ3) is 5.04. The molecule has 0 aromatic rings. The van der Waals surface area contributed by atoms with Crippen molar-refractivity contribution < 1.29 is 14.4 Å². The van der Waals surface area contributed by atoms with Gasteiger partial charge in [-0.05, 0) is 37.5 Å². The van der Waals surface area contributed by atoms with Gasteiger partial charge in [0.1, 0.15) is 6.17 Å². The number of rotatable bonds is 6. The van der Waals surface area contributed by atoms with Crippen molar-refractivity contribution in [2.75, 3.05) is 20.3 Å². The van der Waals surface area contributed by atoms with Crippen LogP contribution in [0.2, 0.25) is 0 Å². The molecule has 20 heavy (non-hydrogen) atoms. The molecule has 2 aliphatic rings. The number of hydrogen-bond acceptors (Lipinski definition) is 4. The topological polar surface area (TPSA) is 59.6 Å². The Morgan fingerprint density at radius 3 is 2.55 bits per heavy atom. The average molecular weight is 284 g/mol. The molecule has 5 nitrogen and oxygen atoms in total. The molecule has 1 saturated carbocycles. The van der Waals surface area contributed by atoms with E-state index in [0.29, 0.717) is 18.3 Å². The number of ether oxygens (including phenoxy) is 1. The Balaban J connectivity index is 1.78. The molecular formula is C15H28N2O3. The van der Waals surface area contributed by atoms with Crippen LogP contribution in [0.4, 0.5) is 0 Å². The molecule has 1 atom stereocenters. The minimum absolute atomic E-state index is 0.0485. The van der Waals surface area contributed by atoms with Gasteiger partial charge in [-0.3, -0.25) is 4.79 Å². The van der Waals surface area contributed by atoms with E-state index in [-0.39, 0.29) is 12.1 Å². The number of carbonyl (C=O) groups is 1. The fraction of sp³-hybridized carbons (Fsp3) is 0.933. The fourth-order valence-corrected chi connectivity index (χ4v) is 3.28. The van der Waals surface area contributed by atoms with Crippen LogP contribution in [-0.2, 0) is 14.4 Å². The van der Waals surface area contributed by atoms with Gasteiger partial charge in [-0.25, -0.2) is 0 Å². The van der Waals surface area contributed by atoms with Crippen molar-refractivity contribution in [2.24, 2.45) is 11.8 Å². The molecule has 1 unspecified atom stereocenters. The summed E-state index contributed by atoms with van der Waals surface area (Å²) in [6.45, 7) is 1.58. The summed E-state index contributed by atoms with van der Waals surface area (Å²) in [4.78, 5) is 17.3. The second-order valence-corrected chi connectivity index (χ2v) is 6.03. The van der Waals surface area contributed by atoms with Crippen LogP contribution in [0, 0.1) is 11.8 Å². The zero-order valence-corrected chi connectivity index (χ0v) is 12.5. The van der Waals surface area contributed by atoms with Gasteiger partial charge in [0.05, 0.1) is 7.11 Å². The second-order valence-electron chi connectivity index (χ2n) is 6.03. The van der Waals surface area contributed by atoms with Gasteiger partial charge in [-0.2, -0.15) is 5.48 Å². The maximum absolute atomic E-state index is 12.2. The van der Waals surface area contributed by atoms with Gasteiger partial charge < -0.3 is 14.9 Å². The van der Waals surface area contributed by atoms with Crippen LogP contribution >= 0.6 is 0 Å². The molecule has 2 fully saturated rings. The Morgan fingerprint density at radius 2 is 1.90 bits per heavy atom. The SMILES string of the molecule is CONC(NC(=O)CC1CCOCC1)C1CCCCC1. The summed E-state index contributed by atoms with van der Waals surface area (Å²) in [5.74, 6) is 1.10. The largest absolute Gasteiger partial charge is 0.381 e. The predicted octanol–water partition coefficient (Wildman–Crippen LogP) is 1.98. The Kier molecular flexibility index (Phi) is 6.76. The molecule has 2 N–H and O–H groups in total. The Morgan fingerprint density at radius 1 is 1.20 bits per heavy atom. The zero-order chi connectivity index (χ0) is 14.2. The normalized spacial score (nSPS) is 23.4. The fourth-order valence-electron chi connectivity index (χ4n) is 3.28. The van der Waals surface area contributed by atoms with E-state index in [9.17, 15) is 4.79 Å². The maximum atomic E-state index is 12.2. The van der Waals surface area contributed by atoms with Crippen molar-refractivity contribution in [1.29, 1.82) is 0 Å². The average Bonchev–Trinajstić information content (AvgIpc) is 2.49. The van der Waals surface area contributed by atoms with Crippen LogP contribution in [0.25, 0.3) is 0 Å². The Bertz CT molecular complexity index is 287. The van der Waals surface area contributed by atoms with Gasteiger partial charge in [0.25, 0.3) is 0 Å². The molecule has 0 bridgehead atoms. The quantitative estimate of drug-likeness (QED) is 0.578. The highest BCUT2D eigenvalue weighted by Gasteiger charge is 2.26. The molecule has 5 heteroatoms. The first-order valence-electron chi connectivity index (χ1n) is 7.95. The first kappa shape index (κ1) is 15.7. The Hall–Kier alpha value is -0.650. The van der Waals surface area contributed by atoms with Crippen molar-refractivity contribution in [3.8, 4) is 0 Å². The van der Waals surface area contributed by atoms with E-state index in [1.54, 1.807) is 7.11 Å². The lowest BCUT2D eigenvalue weighted by Crippen LogP contribution is -2.50. The zero-order valence-electron chi connectivity index (χ0n) is 12.5. The van der Waals surface area contributed by atoms with Crippen molar-refractivity contribution in [2.45, 2.75) is 57.5 Å². The number of nitrogens with one attached hydrogen (secondary N) is 2. The lowest BCUT2D eigenvalue weighted by atomic mass is 9.87. The van der Waals surface area contributed by atoms with E-state index in [2.05, 4.69) is 10.8 Å². The van der Waals surface area contributed by atoms with Crippen LogP contribution in [0.15, 0.2) is 0 Å². The number of hydroxylamine groups is 1. The summed E-state index contributed by atoms with van der Waals surface area (Å²) >= 11 is 0. The van der Waals surface area contributed by atoms with Crippen molar-refractivity contribution >= 4 is 5.91 Å².